The molecule has 0 aromatic rings. The third-order valence-electron chi connectivity index (χ3n) is 3.72. The number of carbonyl (C=O) groups is 2. The van der Waals surface area contributed by atoms with Gasteiger partial charge in [0.25, 0.3) is 0 Å². The van der Waals surface area contributed by atoms with Gasteiger partial charge < -0.3 is 5.32 Å². The number of ketones is 1. The molecular weight excluding hydrogens is 272 g/mol. The summed E-state index contributed by atoms with van der Waals surface area (Å²) in [4.78, 5) is 25.8. The maximum atomic E-state index is 12.1. The van der Waals surface area contributed by atoms with E-state index in [1.807, 2.05) is 25.6 Å². The van der Waals surface area contributed by atoms with E-state index >= 15 is 0 Å². The fourth-order valence-corrected chi connectivity index (χ4v) is 3.52. The highest BCUT2D eigenvalue weighted by Crippen LogP contribution is 2.30. The van der Waals surface area contributed by atoms with E-state index in [9.17, 15) is 9.59 Å². The largest absolute Gasteiger partial charge is 0.345 e. The Morgan fingerprint density at radius 2 is 1.95 bits per heavy atom. The number of nitrogens with zero attached hydrogens (tertiary/aromatic N) is 1. The summed E-state index contributed by atoms with van der Waals surface area (Å²) >= 11 is 1.97. The van der Waals surface area contributed by atoms with Crippen LogP contribution >= 0.6 is 11.8 Å². The van der Waals surface area contributed by atoms with Crippen molar-refractivity contribution in [3.63, 3.8) is 0 Å². The first kappa shape index (κ1) is 17.5. The summed E-state index contributed by atoms with van der Waals surface area (Å²) in [5, 5.41) is 2.87. The Hall–Kier alpha value is -0.550. The fraction of sp³-hybridized carbons (Fsp3) is 0.867. The van der Waals surface area contributed by atoms with E-state index in [0.717, 1.165) is 25.3 Å². The van der Waals surface area contributed by atoms with Crippen LogP contribution in [-0.2, 0) is 9.59 Å². The molecule has 0 aromatic carbocycles. The van der Waals surface area contributed by atoms with Gasteiger partial charge in [-0.1, -0.05) is 27.7 Å². The zero-order valence-corrected chi connectivity index (χ0v) is 14.2. The molecule has 1 aliphatic heterocycles. The number of hydrogen-bond donors (Lipinski definition) is 1. The Labute approximate surface area is 127 Å². The third kappa shape index (κ3) is 5.83. The number of nitrogens with one attached hydrogen (secondary N) is 1. The molecule has 1 N–H and O–H groups in total. The van der Waals surface area contributed by atoms with E-state index in [1.54, 1.807) is 0 Å². The molecule has 1 saturated heterocycles. The fourth-order valence-electron chi connectivity index (χ4n) is 2.38. The van der Waals surface area contributed by atoms with Crippen LogP contribution in [0, 0.1) is 5.92 Å². The van der Waals surface area contributed by atoms with E-state index in [1.165, 1.54) is 6.92 Å². The van der Waals surface area contributed by atoms with Gasteiger partial charge in [-0.2, -0.15) is 11.8 Å². The molecule has 1 heterocycles. The standard InChI is InChI=1S/C15H28N2O2S/c1-11(2)14(12(3)18)16-13(19)10-17-7-6-15(4,5)20-9-8-17/h11,14H,6-10H2,1-5H3,(H,16,19). The molecule has 1 atom stereocenters. The second-order valence-electron chi connectivity index (χ2n) is 6.53. The predicted octanol–water partition coefficient (Wildman–Crippen LogP) is 1.93. The summed E-state index contributed by atoms with van der Waals surface area (Å²) < 4.78 is 0.297. The molecule has 0 aromatic heterocycles. The maximum absolute atomic E-state index is 12.1. The molecule has 0 saturated carbocycles. The highest BCUT2D eigenvalue weighted by Gasteiger charge is 2.26. The number of Topliss-reactive ketones (excluding diaryl/α,β-unsaturated/α-hetero) is 1. The third-order valence-corrected chi connectivity index (χ3v) is 5.09. The number of carbonyl (C=O) groups excluding carboxylic acids is 2. The minimum absolute atomic E-state index is 0.0286. The van der Waals surface area contributed by atoms with Crippen LogP contribution in [0.4, 0.5) is 0 Å². The molecule has 1 rings (SSSR count). The van der Waals surface area contributed by atoms with Crippen molar-refractivity contribution in [3.05, 3.63) is 0 Å². The lowest BCUT2D eigenvalue weighted by molar-refractivity contribution is -0.128. The van der Waals surface area contributed by atoms with Gasteiger partial charge in [-0.3, -0.25) is 14.5 Å². The molecule has 0 bridgehead atoms. The monoisotopic (exact) mass is 300 g/mol. The van der Waals surface area contributed by atoms with Gasteiger partial charge in [0.2, 0.25) is 5.91 Å². The van der Waals surface area contributed by atoms with Gasteiger partial charge in [-0.05, 0) is 19.3 Å². The van der Waals surface area contributed by atoms with Crippen molar-refractivity contribution in [2.75, 3.05) is 25.4 Å². The van der Waals surface area contributed by atoms with Crippen LogP contribution in [0.5, 0.6) is 0 Å². The van der Waals surface area contributed by atoms with Crippen molar-refractivity contribution in [1.29, 1.82) is 0 Å². The van der Waals surface area contributed by atoms with Gasteiger partial charge in [-0.25, -0.2) is 0 Å². The predicted molar refractivity (Wildman–Crippen MR) is 85.0 cm³/mol. The van der Waals surface area contributed by atoms with Gasteiger partial charge in [0.1, 0.15) is 0 Å². The molecule has 1 fully saturated rings. The van der Waals surface area contributed by atoms with Crippen molar-refractivity contribution < 1.29 is 9.59 Å². The van der Waals surface area contributed by atoms with Gasteiger partial charge in [0.05, 0.1) is 12.6 Å². The van der Waals surface area contributed by atoms with Crippen molar-refractivity contribution >= 4 is 23.5 Å². The van der Waals surface area contributed by atoms with Gasteiger partial charge >= 0.3 is 0 Å². The summed E-state index contributed by atoms with van der Waals surface area (Å²) in [6, 6.07) is -0.361. The molecule has 0 radical (unpaired) electrons. The van der Waals surface area contributed by atoms with Gasteiger partial charge in [0, 0.05) is 23.6 Å². The van der Waals surface area contributed by atoms with Crippen LogP contribution in [0.2, 0.25) is 0 Å². The highest BCUT2D eigenvalue weighted by molar-refractivity contribution is 8.00. The summed E-state index contributed by atoms with van der Waals surface area (Å²) in [5.41, 5.74) is 0. The van der Waals surface area contributed by atoms with Crippen molar-refractivity contribution in [3.8, 4) is 0 Å². The molecule has 4 nitrogen and oxygen atoms in total. The molecule has 0 spiro atoms. The van der Waals surface area contributed by atoms with Crippen LogP contribution in [-0.4, -0.2) is 52.8 Å². The lowest BCUT2D eigenvalue weighted by Crippen LogP contribution is -2.47. The summed E-state index contributed by atoms with van der Waals surface area (Å²) in [6.07, 6.45) is 1.09. The van der Waals surface area contributed by atoms with Gasteiger partial charge in [-0.15, -0.1) is 0 Å². The topological polar surface area (TPSA) is 49.4 Å². The van der Waals surface area contributed by atoms with Crippen LogP contribution in [0.1, 0.15) is 41.0 Å². The van der Waals surface area contributed by atoms with E-state index in [2.05, 4.69) is 24.1 Å². The zero-order valence-electron chi connectivity index (χ0n) is 13.4. The van der Waals surface area contributed by atoms with Crippen LogP contribution in [0.3, 0.4) is 0 Å². The minimum Gasteiger partial charge on any atom is -0.345 e. The number of rotatable bonds is 5. The second kappa shape index (κ2) is 7.46. The van der Waals surface area contributed by atoms with Crippen molar-refractivity contribution in [1.82, 2.24) is 10.2 Å². The Morgan fingerprint density at radius 1 is 1.30 bits per heavy atom. The average molecular weight is 300 g/mol. The number of amides is 1. The molecule has 5 heteroatoms. The molecule has 20 heavy (non-hydrogen) atoms. The highest BCUT2D eigenvalue weighted by atomic mass is 32.2. The van der Waals surface area contributed by atoms with Crippen LogP contribution in [0.15, 0.2) is 0 Å². The molecule has 1 amide bonds. The lowest BCUT2D eigenvalue weighted by atomic mass is 10.0. The van der Waals surface area contributed by atoms with E-state index in [4.69, 9.17) is 0 Å². The van der Waals surface area contributed by atoms with Crippen molar-refractivity contribution in [2.24, 2.45) is 5.92 Å². The Morgan fingerprint density at radius 3 is 2.50 bits per heavy atom. The molecule has 0 aliphatic carbocycles. The first-order valence-corrected chi connectivity index (χ1v) is 8.36. The normalized spacial score (nSPS) is 21.3. The molecular formula is C15H28N2O2S. The quantitative estimate of drug-likeness (QED) is 0.843. The van der Waals surface area contributed by atoms with Crippen molar-refractivity contribution in [2.45, 2.75) is 51.8 Å². The maximum Gasteiger partial charge on any atom is 0.234 e. The van der Waals surface area contributed by atoms with Crippen LogP contribution < -0.4 is 5.32 Å². The first-order chi connectivity index (χ1) is 9.21. The van der Waals surface area contributed by atoms with E-state index < -0.39 is 0 Å². The lowest BCUT2D eigenvalue weighted by Gasteiger charge is -2.24. The zero-order chi connectivity index (χ0) is 15.3. The van der Waals surface area contributed by atoms with Crippen LogP contribution in [0.25, 0.3) is 0 Å². The number of thioether (sulfide) groups is 1. The molecule has 1 aliphatic rings. The molecule has 1 unspecified atom stereocenters. The summed E-state index contributed by atoms with van der Waals surface area (Å²) in [6.45, 7) is 12.2. The summed E-state index contributed by atoms with van der Waals surface area (Å²) in [7, 11) is 0. The number of hydrogen-bond acceptors (Lipinski definition) is 4. The SMILES string of the molecule is CC(=O)C(NC(=O)CN1CCSC(C)(C)CC1)C(C)C. The van der Waals surface area contributed by atoms with Gasteiger partial charge in [0.15, 0.2) is 5.78 Å². The average Bonchev–Trinajstić information content (AvgIpc) is 2.47. The minimum atomic E-state index is -0.361. The Kier molecular flexibility index (Phi) is 6.52. The summed E-state index contributed by atoms with van der Waals surface area (Å²) in [5.74, 6) is 1.18. The van der Waals surface area contributed by atoms with E-state index in [0.29, 0.717) is 11.3 Å². The second-order valence-corrected chi connectivity index (χ2v) is 8.34. The first-order valence-electron chi connectivity index (χ1n) is 7.37. The smallest absolute Gasteiger partial charge is 0.234 e. The Bertz CT molecular complexity index is 356. The Balaban J connectivity index is 2.47. The van der Waals surface area contributed by atoms with E-state index in [-0.39, 0.29) is 23.7 Å². The molecule has 116 valence electrons.